The lowest BCUT2D eigenvalue weighted by atomic mass is 10.5. The molecule has 0 saturated carbocycles. The lowest BCUT2D eigenvalue weighted by Crippen LogP contribution is -2.55. The van der Waals surface area contributed by atoms with Crippen LogP contribution in [0.1, 0.15) is 13.3 Å². The molecule has 1 N–H and O–H groups in total. The first kappa shape index (κ1) is 12.8. The highest BCUT2D eigenvalue weighted by molar-refractivity contribution is 8.01. The van der Waals surface area contributed by atoms with Crippen LogP contribution in [-0.2, 0) is 0 Å². The predicted octanol–water partition coefficient (Wildman–Crippen LogP) is 3.14. The van der Waals surface area contributed by atoms with Crippen LogP contribution in [0.5, 0.6) is 0 Å². The molecule has 0 aliphatic rings. The number of rotatable bonds is 4. The molecule has 0 radical (unpaired) electrons. The second kappa shape index (κ2) is 4.91. The van der Waals surface area contributed by atoms with Crippen molar-refractivity contribution >= 4 is 67.3 Å². The van der Waals surface area contributed by atoms with Gasteiger partial charge in [0.05, 0.1) is 0 Å². The number of halogens is 5. The summed E-state index contributed by atoms with van der Waals surface area (Å²) in [5, 5.41) is 0. The summed E-state index contributed by atoms with van der Waals surface area (Å²) in [7, 11) is 0. The van der Waals surface area contributed by atoms with E-state index in [4.69, 9.17) is 55.4 Å². The minimum absolute atomic E-state index is 0.695. The van der Waals surface area contributed by atoms with Crippen molar-refractivity contribution in [3.63, 3.8) is 0 Å². The molecule has 0 aromatic heterocycles. The third-order valence-electron chi connectivity index (χ3n) is 0.953. The molecule has 0 aromatic rings. The van der Waals surface area contributed by atoms with E-state index in [1.54, 1.807) is 0 Å². The Morgan fingerprint density at radius 2 is 1.55 bits per heavy atom. The molecule has 68 valence electrons. The van der Waals surface area contributed by atoms with Crippen LogP contribution in [0.2, 0.25) is 0 Å². The number of nitrogens with one attached hydrogen (secondary N) is 1. The molecule has 11 heavy (non-hydrogen) atoms. The highest BCUT2D eigenvalue weighted by atomic mass is 35.9. The molecule has 1 nitrogen and oxygen atoms in total. The molecule has 0 amide bonds. The molecule has 0 bridgehead atoms. The van der Waals surface area contributed by atoms with Crippen molar-refractivity contribution < 1.29 is 0 Å². The van der Waals surface area contributed by atoms with E-state index in [1.807, 2.05) is 6.92 Å². The van der Waals surface area contributed by atoms with E-state index in [9.17, 15) is 0 Å². The van der Waals surface area contributed by atoms with Crippen molar-refractivity contribution in [2.24, 2.45) is 0 Å². The molecule has 0 atom stereocenters. The maximum atomic E-state index is 5.85. The standard InChI is InChI=1S/C3H8Cl5NSi2/c1-2-3-9-11(7,8)10(4,5)6/h9H,2-3H2,1H3. The van der Waals surface area contributed by atoms with Gasteiger partial charge in [-0.3, -0.25) is 0 Å². The average Bonchev–Trinajstić information content (AvgIpc) is 1.81. The third kappa shape index (κ3) is 4.57. The SMILES string of the molecule is CCCN[Si](Cl)(Cl)[Si](Cl)(Cl)Cl. The molecule has 0 aromatic carbocycles. The molecule has 8 heteroatoms. The van der Waals surface area contributed by atoms with Gasteiger partial charge in [-0.1, -0.05) is 6.92 Å². The fourth-order valence-electron chi connectivity index (χ4n) is 0.382. The Morgan fingerprint density at radius 1 is 1.09 bits per heavy atom. The molecule has 0 heterocycles. The lowest BCUT2D eigenvalue weighted by Gasteiger charge is -2.22. The maximum absolute atomic E-state index is 5.85. The van der Waals surface area contributed by atoms with Gasteiger partial charge in [-0.05, 0) is 13.0 Å². The predicted molar refractivity (Wildman–Crippen MR) is 59.1 cm³/mol. The topological polar surface area (TPSA) is 12.0 Å². The molecular weight excluding hydrogens is 283 g/mol. The first-order valence-corrected chi connectivity index (χ1v) is 13.1. The minimum Gasteiger partial charge on any atom is -0.313 e. The smallest absolute Gasteiger partial charge is 0.313 e. The van der Waals surface area contributed by atoms with E-state index in [-0.39, 0.29) is 0 Å². The Bertz CT molecular complexity index is 123. The quantitative estimate of drug-likeness (QED) is 0.620. The van der Waals surface area contributed by atoms with Crippen LogP contribution in [0, 0.1) is 0 Å². The summed E-state index contributed by atoms with van der Waals surface area (Å²) in [5.74, 6) is 0. The molecule has 0 aliphatic heterocycles. The summed E-state index contributed by atoms with van der Waals surface area (Å²) in [6.07, 6.45) is -1.88. The Balaban J connectivity index is 4.00. The van der Waals surface area contributed by atoms with Crippen LogP contribution in [0.15, 0.2) is 0 Å². The van der Waals surface area contributed by atoms with Gasteiger partial charge in [-0.15, -0.1) is 55.4 Å². The first-order valence-electron chi connectivity index (χ1n) is 3.01. The summed E-state index contributed by atoms with van der Waals surface area (Å²) in [6.45, 7) is 2.69. The van der Waals surface area contributed by atoms with E-state index in [1.165, 1.54) is 0 Å². The van der Waals surface area contributed by atoms with Crippen molar-refractivity contribution in [3.8, 4) is 0 Å². The van der Waals surface area contributed by atoms with Gasteiger partial charge in [0.2, 0.25) is 0 Å². The zero-order valence-electron chi connectivity index (χ0n) is 5.80. The Labute approximate surface area is 91.7 Å². The normalized spacial score (nSPS) is 13.6. The molecule has 0 fully saturated rings. The number of hydrogen-bond donors (Lipinski definition) is 1. The highest BCUT2D eigenvalue weighted by Gasteiger charge is 2.53. The van der Waals surface area contributed by atoms with Gasteiger partial charge < -0.3 is 4.98 Å². The van der Waals surface area contributed by atoms with E-state index >= 15 is 0 Å². The molecule has 0 rings (SSSR count). The number of hydrogen-bond acceptors (Lipinski definition) is 1. The zero-order valence-corrected chi connectivity index (χ0v) is 11.6. The van der Waals surface area contributed by atoms with Crippen molar-refractivity contribution in [3.05, 3.63) is 0 Å². The second-order valence-corrected chi connectivity index (χ2v) is 24.6. The van der Waals surface area contributed by atoms with Crippen molar-refractivity contribution in [1.29, 1.82) is 0 Å². The summed E-state index contributed by atoms with van der Waals surface area (Å²) in [4.78, 5) is 2.88. The van der Waals surface area contributed by atoms with Crippen LogP contribution in [0.25, 0.3) is 0 Å². The largest absolute Gasteiger partial charge is 0.376 e. The van der Waals surface area contributed by atoms with Crippen LogP contribution in [0.4, 0.5) is 0 Å². The summed E-state index contributed by atoms with van der Waals surface area (Å²) in [5.41, 5.74) is -2.95. The third-order valence-corrected chi connectivity index (χ3v) is 23.8. The molecule has 0 unspecified atom stereocenters. The van der Waals surface area contributed by atoms with Crippen LogP contribution >= 0.6 is 55.4 Å². The highest BCUT2D eigenvalue weighted by Crippen LogP contribution is 2.34. The van der Waals surface area contributed by atoms with E-state index < -0.39 is 11.9 Å². The molecule has 0 spiro atoms. The van der Waals surface area contributed by atoms with Gasteiger partial charge in [0.15, 0.2) is 0 Å². The van der Waals surface area contributed by atoms with Gasteiger partial charge in [0.25, 0.3) is 0 Å². The van der Waals surface area contributed by atoms with Gasteiger partial charge >= 0.3 is 11.9 Å². The van der Waals surface area contributed by atoms with E-state index in [0.717, 1.165) is 6.42 Å². The zero-order chi connectivity index (χ0) is 9.12. The van der Waals surface area contributed by atoms with Crippen molar-refractivity contribution in [2.45, 2.75) is 13.3 Å². The fraction of sp³-hybridized carbons (Fsp3) is 1.00. The minimum atomic E-state index is -2.95. The van der Waals surface area contributed by atoms with Gasteiger partial charge in [-0.2, -0.15) is 0 Å². The molecule has 0 saturated heterocycles. The van der Waals surface area contributed by atoms with E-state index in [0.29, 0.717) is 6.54 Å². The Morgan fingerprint density at radius 3 is 1.82 bits per heavy atom. The van der Waals surface area contributed by atoms with E-state index in [2.05, 4.69) is 4.98 Å². The fourth-order valence-corrected chi connectivity index (χ4v) is 4.49. The molecular formula is C3H8Cl5NSi2. The summed E-state index contributed by atoms with van der Waals surface area (Å²) < 4.78 is 0. The molecule has 0 aliphatic carbocycles. The first-order chi connectivity index (χ1) is 4.81. The van der Waals surface area contributed by atoms with Gasteiger partial charge in [0.1, 0.15) is 0 Å². The Kier molecular flexibility index (Phi) is 5.73. The summed E-state index contributed by atoms with van der Waals surface area (Å²) >= 11 is 28.7. The maximum Gasteiger partial charge on any atom is 0.376 e. The monoisotopic (exact) mass is 289 g/mol. The second-order valence-electron chi connectivity index (χ2n) is 2.00. The van der Waals surface area contributed by atoms with Crippen LogP contribution in [0.3, 0.4) is 0 Å². The van der Waals surface area contributed by atoms with Gasteiger partial charge in [-0.25, -0.2) is 0 Å². The van der Waals surface area contributed by atoms with Gasteiger partial charge in [0, 0.05) is 0 Å². The lowest BCUT2D eigenvalue weighted by molar-refractivity contribution is 0.860. The van der Waals surface area contributed by atoms with Crippen molar-refractivity contribution in [1.82, 2.24) is 4.98 Å². The van der Waals surface area contributed by atoms with Crippen LogP contribution in [-0.4, -0.2) is 18.4 Å². The van der Waals surface area contributed by atoms with Crippen molar-refractivity contribution in [2.75, 3.05) is 6.54 Å². The average molecular weight is 292 g/mol. The summed E-state index contributed by atoms with van der Waals surface area (Å²) in [6, 6.07) is 0. The van der Waals surface area contributed by atoms with Crippen LogP contribution < -0.4 is 4.98 Å². The Hall–Kier alpha value is 1.84.